The van der Waals surface area contributed by atoms with Gasteiger partial charge in [0, 0.05) is 33.7 Å². The van der Waals surface area contributed by atoms with Gasteiger partial charge >= 0.3 is 0 Å². The summed E-state index contributed by atoms with van der Waals surface area (Å²) >= 11 is 1.71. The van der Waals surface area contributed by atoms with E-state index in [1.165, 1.54) is 5.56 Å². The van der Waals surface area contributed by atoms with E-state index in [2.05, 4.69) is 18.0 Å². The van der Waals surface area contributed by atoms with Crippen LogP contribution < -0.4 is 10.5 Å². The van der Waals surface area contributed by atoms with E-state index >= 15 is 0 Å². The summed E-state index contributed by atoms with van der Waals surface area (Å²) in [5.74, 6) is 1.71. The molecule has 2 aromatic rings. The maximum Gasteiger partial charge on any atom is 0.128 e. The second-order valence-corrected chi connectivity index (χ2v) is 5.89. The number of ether oxygens (including phenoxy) is 1. The topological polar surface area (TPSA) is 48.1 Å². The predicted molar refractivity (Wildman–Crippen MR) is 85.4 cm³/mol. The summed E-state index contributed by atoms with van der Waals surface area (Å²) in [6, 6.07) is 6.09. The highest BCUT2D eigenvalue weighted by atomic mass is 32.2. The second-order valence-electron chi connectivity index (χ2n) is 4.88. The van der Waals surface area contributed by atoms with Crippen molar-refractivity contribution in [2.75, 3.05) is 12.8 Å². The van der Waals surface area contributed by atoms with Crippen LogP contribution in [0.5, 0.6) is 5.75 Å². The van der Waals surface area contributed by atoms with Crippen molar-refractivity contribution in [3.8, 4) is 5.75 Å². The molecule has 1 aromatic heterocycles. The highest BCUT2D eigenvalue weighted by molar-refractivity contribution is 7.98. The van der Waals surface area contributed by atoms with Crippen LogP contribution in [0.25, 0.3) is 0 Å². The van der Waals surface area contributed by atoms with E-state index < -0.39 is 0 Å². The van der Waals surface area contributed by atoms with E-state index in [0.717, 1.165) is 38.9 Å². The van der Waals surface area contributed by atoms with Crippen molar-refractivity contribution < 1.29 is 4.74 Å². The summed E-state index contributed by atoms with van der Waals surface area (Å²) in [5.41, 5.74) is 11.2. The molecule has 2 rings (SSSR count). The van der Waals surface area contributed by atoms with Crippen molar-refractivity contribution in [2.24, 2.45) is 0 Å². The van der Waals surface area contributed by atoms with E-state index in [1.54, 1.807) is 18.9 Å². The van der Waals surface area contributed by atoms with Crippen molar-refractivity contribution in [1.29, 1.82) is 0 Å². The smallest absolute Gasteiger partial charge is 0.128 e. The van der Waals surface area contributed by atoms with Crippen molar-refractivity contribution in [3.63, 3.8) is 0 Å². The lowest BCUT2D eigenvalue weighted by molar-refractivity contribution is 0.407. The summed E-state index contributed by atoms with van der Waals surface area (Å²) in [6.07, 6.45) is 1.86. The van der Waals surface area contributed by atoms with Crippen LogP contribution in [0.3, 0.4) is 0 Å². The van der Waals surface area contributed by atoms with Gasteiger partial charge in [-0.15, -0.1) is 11.8 Å². The molecule has 0 radical (unpaired) electrons. The van der Waals surface area contributed by atoms with Crippen molar-refractivity contribution in [3.05, 3.63) is 46.8 Å². The molecule has 1 aromatic carbocycles. The maximum atomic E-state index is 6.01. The van der Waals surface area contributed by atoms with Crippen molar-refractivity contribution in [1.82, 2.24) is 4.98 Å². The SMILES string of the molecule is COc1c(C)cnc(CSc2cc(C)ccc2N)c1C. The average molecular weight is 288 g/mol. The molecule has 0 aliphatic carbocycles. The molecule has 106 valence electrons. The van der Waals surface area contributed by atoms with Crippen molar-refractivity contribution >= 4 is 17.4 Å². The quantitative estimate of drug-likeness (QED) is 0.685. The minimum absolute atomic E-state index is 0.788. The third-order valence-corrected chi connectivity index (χ3v) is 4.37. The number of thioether (sulfide) groups is 1. The number of hydrogen-bond donors (Lipinski definition) is 1. The Labute approximate surface area is 124 Å². The lowest BCUT2D eigenvalue weighted by atomic mass is 10.1. The van der Waals surface area contributed by atoms with Gasteiger partial charge in [-0.1, -0.05) is 6.07 Å². The van der Waals surface area contributed by atoms with Gasteiger partial charge in [-0.2, -0.15) is 0 Å². The second kappa shape index (κ2) is 6.18. The van der Waals surface area contributed by atoms with E-state index in [0.29, 0.717) is 0 Å². The first kappa shape index (κ1) is 14.7. The molecule has 0 saturated heterocycles. The zero-order chi connectivity index (χ0) is 14.7. The van der Waals surface area contributed by atoms with Gasteiger partial charge in [-0.05, 0) is 38.5 Å². The number of methoxy groups -OCH3 is 1. The maximum absolute atomic E-state index is 6.01. The van der Waals surface area contributed by atoms with Gasteiger partial charge in [0.05, 0.1) is 12.8 Å². The number of nitrogens with two attached hydrogens (primary N) is 1. The van der Waals surface area contributed by atoms with Crippen LogP contribution in [0.15, 0.2) is 29.3 Å². The molecular weight excluding hydrogens is 268 g/mol. The number of hydrogen-bond acceptors (Lipinski definition) is 4. The molecule has 1 heterocycles. The summed E-state index contributed by atoms with van der Waals surface area (Å²) in [5, 5.41) is 0. The number of nitrogen functional groups attached to an aromatic ring is 1. The molecular formula is C16H20N2OS. The highest BCUT2D eigenvalue weighted by Gasteiger charge is 2.10. The lowest BCUT2D eigenvalue weighted by Crippen LogP contribution is -1.99. The van der Waals surface area contributed by atoms with E-state index in [9.17, 15) is 0 Å². The van der Waals surface area contributed by atoms with Gasteiger partial charge in [0.15, 0.2) is 0 Å². The third kappa shape index (κ3) is 3.07. The highest BCUT2D eigenvalue weighted by Crippen LogP contribution is 2.32. The fraction of sp³-hybridized carbons (Fsp3) is 0.312. The van der Waals surface area contributed by atoms with Gasteiger partial charge in [-0.3, -0.25) is 4.98 Å². The van der Waals surface area contributed by atoms with Crippen LogP contribution in [0, 0.1) is 20.8 Å². The number of anilines is 1. The molecule has 0 saturated carbocycles. The Hall–Kier alpha value is -1.68. The fourth-order valence-electron chi connectivity index (χ4n) is 2.13. The third-order valence-electron chi connectivity index (χ3n) is 3.28. The van der Waals surface area contributed by atoms with Gasteiger partial charge in [-0.25, -0.2) is 0 Å². The molecule has 0 atom stereocenters. The number of rotatable bonds is 4. The van der Waals surface area contributed by atoms with Crippen LogP contribution >= 0.6 is 11.8 Å². The van der Waals surface area contributed by atoms with Crippen molar-refractivity contribution in [2.45, 2.75) is 31.4 Å². The van der Waals surface area contributed by atoms with E-state index in [4.69, 9.17) is 10.5 Å². The molecule has 3 nitrogen and oxygen atoms in total. The Morgan fingerprint density at radius 3 is 2.70 bits per heavy atom. The van der Waals surface area contributed by atoms with Crippen LogP contribution in [0.1, 0.15) is 22.4 Å². The normalized spacial score (nSPS) is 10.6. The molecule has 0 aliphatic rings. The number of nitrogens with zero attached hydrogens (tertiary/aromatic N) is 1. The largest absolute Gasteiger partial charge is 0.496 e. The number of pyridine rings is 1. The van der Waals surface area contributed by atoms with Crippen LogP contribution in [0.2, 0.25) is 0 Å². The Balaban J connectivity index is 2.21. The summed E-state index contributed by atoms with van der Waals surface area (Å²) in [6.45, 7) is 6.13. The van der Waals surface area contributed by atoms with E-state index in [1.807, 2.05) is 32.2 Å². The average Bonchev–Trinajstić information content (AvgIpc) is 2.42. The molecule has 4 heteroatoms. The first-order valence-corrected chi connectivity index (χ1v) is 7.49. The van der Waals surface area contributed by atoms with Crippen LogP contribution in [-0.4, -0.2) is 12.1 Å². The Morgan fingerprint density at radius 2 is 2.00 bits per heavy atom. The molecule has 0 bridgehead atoms. The monoisotopic (exact) mass is 288 g/mol. The molecule has 0 amide bonds. The predicted octanol–water partition coefficient (Wildman–Crippen LogP) is 3.89. The number of aromatic nitrogens is 1. The number of aryl methyl sites for hydroxylation is 2. The molecule has 20 heavy (non-hydrogen) atoms. The zero-order valence-electron chi connectivity index (χ0n) is 12.4. The minimum Gasteiger partial charge on any atom is -0.496 e. The summed E-state index contributed by atoms with van der Waals surface area (Å²) < 4.78 is 5.44. The Kier molecular flexibility index (Phi) is 4.55. The molecule has 0 fully saturated rings. The summed E-state index contributed by atoms with van der Waals surface area (Å²) in [4.78, 5) is 5.61. The van der Waals surface area contributed by atoms with Gasteiger partial charge in [0.2, 0.25) is 0 Å². The Morgan fingerprint density at radius 1 is 1.25 bits per heavy atom. The molecule has 0 aliphatic heterocycles. The molecule has 0 unspecified atom stereocenters. The van der Waals surface area contributed by atoms with Gasteiger partial charge < -0.3 is 10.5 Å². The van der Waals surface area contributed by atoms with Crippen LogP contribution in [-0.2, 0) is 5.75 Å². The minimum atomic E-state index is 0.788. The molecule has 2 N–H and O–H groups in total. The Bertz CT molecular complexity index is 626. The lowest BCUT2D eigenvalue weighted by Gasteiger charge is -2.12. The van der Waals surface area contributed by atoms with Gasteiger partial charge in [0.1, 0.15) is 5.75 Å². The first-order chi connectivity index (χ1) is 9.52. The summed E-state index contributed by atoms with van der Waals surface area (Å²) in [7, 11) is 1.70. The van der Waals surface area contributed by atoms with Gasteiger partial charge in [0.25, 0.3) is 0 Å². The number of benzene rings is 1. The first-order valence-electron chi connectivity index (χ1n) is 6.51. The molecule has 0 spiro atoms. The fourth-order valence-corrected chi connectivity index (χ4v) is 3.22. The zero-order valence-corrected chi connectivity index (χ0v) is 13.2. The van der Waals surface area contributed by atoms with E-state index in [-0.39, 0.29) is 0 Å². The standard InChI is InChI=1S/C16H20N2OS/c1-10-5-6-13(17)15(7-10)20-9-14-12(3)16(19-4)11(2)8-18-14/h5-8H,9,17H2,1-4H3. The van der Waals surface area contributed by atoms with Crippen LogP contribution in [0.4, 0.5) is 5.69 Å².